The van der Waals surface area contributed by atoms with Crippen molar-refractivity contribution in [3.8, 4) is 5.69 Å². The topological polar surface area (TPSA) is 60.9 Å². The van der Waals surface area contributed by atoms with E-state index in [1.165, 1.54) is 10.2 Å². The summed E-state index contributed by atoms with van der Waals surface area (Å²) in [4.78, 5) is 12.3. The van der Waals surface area contributed by atoms with Crippen LogP contribution in [0.1, 0.15) is 27.9 Å². The summed E-state index contributed by atoms with van der Waals surface area (Å²) in [5.74, 6) is 0. The maximum Gasteiger partial charge on any atom is 0.274 e. The fraction of sp³-hybridized carbons (Fsp3) is 0.333. The number of aryl methyl sites for hydroxylation is 3. The average Bonchev–Trinajstić information content (AvgIpc) is 2.38. The van der Waals surface area contributed by atoms with Gasteiger partial charge in [0.2, 0.25) is 0 Å². The molecule has 0 spiro atoms. The molecule has 0 aliphatic rings. The Kier molecular flexibility index (Phi) is 3.53. The standard InChI is InChI=1S/C15H19N3O/c1-9-5-6-13(7-10(9)2)18-15(19)11(3)14(8-16)12(4)17-18/h5-7H,8,16H2,1-4H3. The van der Waals surface area contributed by atoms with Gasteiger partial charge in [0.25, 0.3) is 5.56 Å². The Morgan fingerprint density at radius 3 is 2.42 bits per heavy atom. The summed E-state index contributed by atoms with van der Waals surface area (Å²) in [5.41, 5.74) is 11.0. The van der Waals surface area contributed by atoms with Gasteiger partial charge in [-0.2, -0.15) is 9.78 Å². The predicted octanol–water partition coefficient (Wildman–Crippen LogP) is 1.92. The molecule has 1 heterocycles. The maximum absolute atomic E-state index is 12.3. The first kappa shape index (κ1) is 13.5. The SMILES string of the molecule is Cc1ccc(-n2nc(C)c(CN)c(C)c2=O)cc1C. The number of aromatic nitrogens is 2. The Labute approximate surface area is 112 Å². The van der Waals surface area contributed by atoms with Gasteiger partial charge in [0.05, 0.1) is 11.4 Å². The van der Waals surface area contributed by atoms with Gasteiger partial charge >= 0.3 is 0 Å². The van der Waals surface area contributed by atoms with Crippen molar-refractivity contribution in [1.82, 2.24) is 9.78 Å². The van der Waals surface area contributed by atoms with Gasteiger partial charge in [0, 0.05) is 12.1 Å². The van der Waals surface area contributed by atoms with Crippen LogP contribution in [-0.4, -0.2) is 9.78 Å². The largest absolute Gasteiger partial charge is 0.326 e. The minimum atomic E-state index is -0.102. The van der Waals surface area contributed by atoms with Gasteiger partial charge in [-0.05, 0) is 56.5 Å². The molecule has 2 N–H and O–H groups in total. The second-order valence-electron chi connectivity index (χ2n) is 4.88. The second kappa shape index (κ2) is 4.97. The molecule has 0 amide bonds. The van der Waals surface area contributed by atoms with Crippen LogP contribution >= 0.6 is 0 Å². The minimum Gasteiger partial charge on any atom is -0.326 e. The smallest absolute Gasteiger partial charge is 0.274 e. The van der Waals surface area contributed by atoms with Crippen molar-refractivity contribution in [2.24, 2.45) is 5.73 Å². The Bertz CT molecular complexity index is 687. The number of hydrogen-bond acceptors (Lipinski definition) is 3. The van der Waals surface area contributed by atoms with Crippen LogP contribution in [0.25, 0.3) is 5.69 Å². The summed E-state index contributed by atoms with van der Waals surface area (Å²) in [5, 5.41) is 4.37. The van der Waals surface area contributed by atoms with E-state index in [1.807, 2.05) is 39.0 Å². The summed E-state index contributed by atoms with van der Waals surface area (Å²) in [6.07, 6.45) is 0. The molecule has 1 aromatic carbocycles. The van der Waals surface area contributed by atoms with Crippen LogP contribution in [0.15, 0.2) is 23.0 Å². The molecule has 2 aromatic rings. The summed E-state index contributed by atoms with van der Waals surface area (Å²) in [6.45, 7) is 8.10. The molecule has 0 aliphatic heterocycles. The molecule has 0 fully saturated rings. The average molecular weight is 257 g/mol. The summed E-state index contributed by atoms with van der Waals surface area (Å²) < 4.78 is 1.45. The molecule has 0 aliphatic carbocycles. The van der Waals surface area contributed by atoms with Crippen LogP contribution in [-0.2, 0) is 6.54 Å². The third kappa shape index (κ3) is 2.31. The molecule has 100 valence electrons. The Hall–Kier alpha value is -1.94. The lowest BCUT2D eigenvalue weighted by atomic mass is 10.1. The van der Waals surface area contributed by atoms with Crippen LogP contribution in [0, 0.1) is 27.7 Å². The van der Waals surface area contributed by atoms with Crippen molar-refractivity contribution in [1.29, 1.82) is 0 Å². The fourth-order valence-corrected chi connectivity index (χ4v) is 2.15. The Balaban J connectivity index is 2.70. The molecule has 4 heteroatoms. The zero-order chi connectivity index (χ0) is 14.2. The fourth-order valence-electron chi connectivity index (χ4n) is 2.15. The molecule has 2 rings (SSSR count). The van der Waals surface area contributed by atoms with E-state index in [9.17, 15) is 4.79 Å². The van der Waals surface area contributed by atoms with Gasteiger partial charge in [0.1, 0.15) is 0 Å². The lowest BCUT2D eigenvalue weighted by Crippen LogP contribution is -2.27. The molecule has 0 bridgehead atoms. The van der Waals surface area contributed by atoms with Crippen LogP contribution in [0.3, 0.4) is 0 Å². The van der Waals surface area contributed by atoms with Gasteiger partial charge in [-0.25, -0.2) is 0 Å². The number of nitrogens with zero attached hydrogens (tertiary/aromatic N) is 2. The highest BCUT2D eigenvalue weighted by Crippen LogP contribution is 2.13. The van der Waals surface area contributed by atoms with Gasteiger partial charge < -0.3 is 5.73 Å². The van der Waals surface area contributed by atoms with Crippen LogP contribution < -0.4 is 11.3 Å². The van der Waals surface area contributed by atoms with Crippen molar-refractivity contribution in [2.45, 2.75) is 34.2 Å². The first-order chi connectivity index (χ1) is 8.95. The predicted molar refractivity (Wildman–Crippen MR) is 76.7 cm³/mol. The molecule has 0 radical (unpaired) electrons. The van der Waals surface area contributed by atoms with E-state index in [0.29, 0.717) is 12.1 Å². The summed E-state index contributed by atoms with van der Waals surface area (Å²) in [7, 11) is 0. The lowest BCUT2D eigenvalue weighted by Gasteiger charge is -2.12. The summed E-state index contributed by atoms with van der Waals surface area (Å²) in [6, 6.07) is 5.89. The van der Waals surface area contributed by atoms with Crippen molar-refractivity contribution < 1.29 is 0 Å². The molecular formula is C15H19N3O. The van der Waals surface area contributed by atoms with E-state index in [4.69, 9.17) is 5.73 Å². The molecule has 19 heavy (non-hydrogen) atoms. The quantitative estimate of drug-likeness (QED) is 0.894. The van der Waals surface area contributed by atoms with E-state index in [-0.39, 0.29) is 5.56 Å². The van der Waals surface area contributed by atoms with Gasteiger partial charge in [-0.3, -0.25) is 4.79 Å². The molecule has 1 aromatic heterocycles. The third-order valence-corrected chi connectivity index (χ3v) is 3.59. The lowest BCUT2D eigenvalue weighted by molar-refractivity contribution is 0.754. The molecule has 0 saturated heterocycles. The first-order valence-electron chi connectivity index (χ1n) is 6.32. The van der Waals surface area contributed by atoms with E-state index in [0.717, 1.165) is 22.5 Å². The number of benzene rings is 1. The zero-order valence-electron chi connectivity index (χ0n) is 11.8. The van der Waals surface area contributed by atoms with E-state index in [2.05, 4.69) is 5.10 Å². The third-order valence-electron chi connectivity index (χ3n) is 3.59. The number of hydrogen-bond donors (Lipinski definition) is 1. The molecular weight excluding hydrogens is 238 g/mol. The Morgan fingerprint density at radius 2 is 1.84 bits per heavy atom. The monoisotopic (exact) mass is 257 g/mol. The van der Waals surface area contributed by atoms with Crippen molar-refractivity contribution in [3.05, 3.63) is 56.5 Å². The van der Waals surface area contributed by atoms with Gasteiger partial charge in [-0.1, -0.05) is 6.07 Å². The van der Waals surface area contributed by atoms with E-state index in [1.54, 1.807) is 6.92 Å². The van der Waals surface area contributed by atoms with Crippen molar-refractivity contribution in [3.63, 3.8) is 0 Å². The highest BCUT2D eigenvalue weighted by Gasteiger charge is 2.11. The number of rotatable bonds is 2. The maximum atomic E-state index is 12.3. The second-order valence-corrected chi connectivity index (χ2v) is 4.88. The minimum absolute atomic E-state index is 0.102. The number of nitrogens with two attached hydrogens (primary N) is 1. The van der Waals surface area contributed by atoms with E-state index < -0.39 is 0 Å². The van der Waals surface area contributed by atoms with E-state index >= 15 is 0 Å². The Morgan fingerprint density at radius 1 is 1.16 bits per heavy atom. The van der Waals surface area contributed by atoms with Crippen LogP contribution in [0.2, 0.25) is 0 Å². The molecule has 0 saturated carbocycles. The highest BCUT2D eigenvalue weighted by molar-refractivity contribution is 5.40. The molecule has 0 unspecified atom stereocenters. The summed E-state index contributed by atoms with van der Waals surface area (Å²) >= 11 is 0. The van der Waals surface area contributed by atoms with Crippen molar-refractivity contribution in [2.75, 3.05) is 0 Å². The van der Waals surface area contributed by atoms with Gasteiger partial charge in [0.15, 0.2) is 0 Å². The first-order valence-corrected chi connectivity index (χ1v) is 6.32. The van der Waals surface area contributed by atoms with Crippen LogP contribution in [0.5, 0.6) is 0 Å². The van der Waals surface area contributed by atoms with Gasteiger partial charge in [-0.15, -0.1) is 0 Å². The molecule has 4 nitrogen and oxygen atoms in total. The zero-order valence-corrected chi connectivity index (χ0v) is 11.8. The van der Waals surface area contributed by atoms with Crippen molar-refractivity contribution >= 4 is 0 Å². The normalized spacial score (nSPS) is 10.8. The molecule has 0 atom stereocenters. The highest BCUT2D eigenvalue weighted by atomic mass is 16.1. The van der Waals surface area contributed by atoms with Crippen LogP contribution in [0.4, 0.5) is 0 Å².